The van der Waals surface area contributed by atoms with Crippen LogP contribution in [0, 0.1) is 6.92 Å². The molecule has 3 rings (SSSR count). The second-order valence-corrected chi connectivity index (χ2v) is 8.28. The largest absolute Gasteiger partial charge is 0.492 e. The van der Waals surface area contributed by atoms with Gasteiger partial charge in [0.2, 0.25) is 0 Å². The third kappa shape index (κ3) is 3.45. The van der Waals surface area contributed by atoms with E-state index in [2.05, 4.69) is 21.1 Å². The lowest BCUT2D eigenvalue weighted by Gasteiger charge is -2.23. The maximum atomic E-state index is 12.9. The van der Waals surface area contributed by atoms with Gasteiger partial charge in [0.1, 0.15) is 5.75 Å². The van der Waals surface area contributed by atoms with Crippen molar-refractivity contribution in [3.8, 4) is 5.75 Å². The third-order valence-electron chi connectivity index (χ3n) is 4.13. The maximum absolute atomic E-state index is 12.9. The van der Waals surface area contributed by atoms with Crippen LogP contribution in [0.1, 0.15) is 12.0 Å². The van der Waals surface area contributed by atoms with Gasteiger partial charge in [0.15, 0.2) is 5.43 Å². The fraction of sp³-hybridized carbons (Fsp3) is 0.350. The zero-order valence-corrected chi connectivity index (χ0v) is 15.6. The summed E-state index contributed by atoms with van der Waals surface area (Å²) < 4.78 is 8.93. The molecule has 3 nitrogen and oxygen atoms in total. The van der Waals surface area contributed by atoms with Crippen LogP contribution >= 0.6 is 11.3 Å². The number of nitrogens with zero attached hydrogens (tertiary/aromatic N) is 1. The van der Waals surface area contributed by atoms with E-state index in [1.807, 2.05) is 43.3 Å². The molecular formula is C20H24NO2S+. The summed E-state index contributed by atoms with van der Waals surface area (Å²) in [4.78, 5) is 12.9. The first-order valence-electron chi connectivity index (χ1n) is 8.25. The van der Waals surface area contributed by atoms with E-state index in [4.69, 9.17) is 4.74 Å². The average Bonchev–Trinajstić information content (AvgIpc) is 2.52. The lowest BCUT2D eigenvalue weighted by Crippen LogP contribution is -2.35. The molecule has 0 radical (unpaired) electrons. The van der Waals surface area contributed by atoms with Crippen LogP contribution in [0.25, 0.3) is 20.2 Å². The molecule has 0 atom stereocenters. The van der Waals surface area contributed by atoms with Crippen molar-refractivity contribution in [2.75, 3.05) is 34.3 Å². The Hall–Kier alpha value is -1.91. The quantitative estimate of drug-likeness (QED) is 0.395. The number of benzene rings is 2. The van der Waals surface area contributed by atoms with E-state index >= 15 is 0 Å². The van der Waals surface area contributed by atoms with Crippen LogP contribution < -0.4 is 10.2 Å². The molecule has 24 heavy (non-hydrogen) atoms. The Bertz CT molecular complexity index is 938. The Morgan fingerprint density at radius 2 is 1.83 bits per heavy atom. The second kappa shape index (κ2) is 6.54. The highest BCUT2D eigenvalue weighted by molar-refractivity contribution is 7.24. The van der Waals surface area contributed by atoms with Crippen molar-refractivity contribution in [3.05, 3.63) is 52.2 Å². The Kier molecular flexibility index (Phi) is 4.61. The third-order valence-corrected chi connectivity index (χ3v) is 5.32. The molecule has 126 valence electrons. The van der Waals surface area contributed by atoms with E-state index in [1.165, 1.54) is 0 Å². The number of aryl methyl sites for hydroxylation is 1. The molecule has 0 amide bonds. The molecule has 0 aliphatic heterocycles. The molecule has 0 bridgehead atoms. The second-order valence-electron chi connectivity index (χ2n) is 7.23. The summed E-state index contributed by atoms with van der Waals surface area (Å²) >= 11 is 1.64. The average molecular weight is 342 g/mol. The Labute approximate surface area is 146 Å². The molecular weight excluding hydrogens is 318 g/mol. The minimum absolute atomic E-state index is 0.105. The van der Waals surface area contributed by atoms with E-state index in [-0.39, 0.29) is 5.43 Å². The van der Waals surface area contributed by atoms with Gasteiger partial charge in [-0.25, -0.2) is 0 Å². The topological polar surface area (TPSA) is 26.3 Å². The van der Waals surface area contributed by atoms with Gasteiger partial charge in [-0.05, 0) is 30.7 Å². The van der Waals surface area contributed by atoms with Gasteiger partial charge in [-0.3, -0.25) is 4.79 Å². The Morgan fingerprint density at radius 3 is 2.58 bits per heavy atom. The van der Waals surface area contributed by atoms with E-state index < -0.39 is 0 Å². The van der Waals surface area contributed by atoms with Gasteiger partial charge in [0.05, 0.1) is 39.0 Å². The number of ether oxygens (including phenoxy) is 1. The van der Waals surface area contributed by atoms with Crippen molar-refractivity contribution < 1.29 is 9.22 Å². The van der Waals surface area contributed by atoms with Crippen molar-refractivity contribution in [1.29, 1.82) is 0 Å². The normalized spacial score (nSPS) is 12.0. The Morgan fingerprint density at radius 1 is 1.08 bits per heavy atom. The van der Waals surface area contributed by atoms with Crippen molar-refractivity contribution in [3.63, 3.8) is 0 Å². The standard InChI is InChI=1S/C20H24NO2S/c1-14-10-11-16(23-13-7-12-21(2,3)4)20-18(14)19(22)15-8-5-6-9-17(15)24-20/h5-6,8-11H,7,12-13H2,1-4H3/q+1. The summed E-state index contributed by atoms with van der Waals surface area (Å²) in [6, 6.07) is 11.8. The summed E-state index contributed by atoms with van der Waals surface area (Å²) in [5.41, 5.74) is 1.12. The molecule has 2 aromatic carbocycles. The highest BCUT2D eigenvalue weighted by Crippen LogP contribution is 2.33. The zero-order valence-electron chi connectivity index (χ0n) is 14.8. The van der Waals surface area contributed by atoms with Crippen LogP contribution in [-0.2, 0) is 0 Å². The lowest BCUT2D eigenvalue weighted by molar-refractivity contribution is -0.870. The number of hydrogen-bond donors (Lipinski definition) is 0. The molecule has 4 heteroatoms. The van der Waals surface area contributed by atoms with Gasteiger partial charge in [0.25, 0.3) is 0 Å². The van der Waals surface area contributed by atoms with Crippen LogP contribution in [0.15, 0.2) is 41.2 Å². The van der Waals surface area contributed by atoms with Crippen molar-refractivity contribution in [1.82, 2.24) is 0 Å². The first-order valence-corrected chi connectivity index (χ1v) is 9.07. The van der Waals surface area contributed by atoms with Crippen molar-refractivity contribution >= 4 is 31.5 Å². The van der Waals surface area contributed by atoms with Crippen LogP contribution in [0.3, 0.4) is 0 Å². The van der Waals surface area contributed by atoms with Gasteiger partial charge in [-0.1, -0.05) is 18.2 Å². The van der Waals surface area contributed by atoms with Crippen LogP contribution in [0.5, 0.6) is 5.75 Å². The molecule has 0 saturated heterocycles. The smallest absolute Gasteiger partial charge is 0.196 e. The van der Waals surface area contributed by atoms with Crippen molar-refractivity contribution in [2.45, 2.75) is 13.3 Å². The predicted molar refractivity (Wildman–Crippen MR) is 103 cm³/mol. The molecule has 0 spiro atoms. The van der Waals surface area contributed by atoms with Crippen LogP contribution in [0.2, 0.25) is 0 Å². The minimum atomic E-state index is 0.105. The molecule has 3 aromatic rings. The Balaban J connectivity index is 2.00. The number of rotatable bonds is 5. The molecule has 0 fully saturated rings. The number of quaternary nitrogens is 1. The van der Waals surface area contributed by atoms with Gasteiger partial charge < -0.3 is 9.22 Å². The highest BCUT2D eigenvalue weighted by Gasteiger charge is 2.13. The highest BCUT2D eigenvalue weighted by atomic mass is 32.1. The first kappa shape index (κ1) is 16.9. The zero-order chi connectivity index (χ0) is 17.3. The summed E-state index contributed by atoms with van der Waals surface area (Å²) in [6.07, 6.45) is 0.987. The summed E-state index contributed by atoms with van der Waals surface area (Å²) in [6.45, 7) is 3.72. The van der Waals surface area contributed by atoms with Crippen molar-refractivity contribution in [2.24, 2.45) is 0 Å². The fourth-order valence-corrected chi connectivity index (χ4v) is 4.09. The number of fused-ring (bicyclic) bond motifs is 2. The first-order chi connectivity index (χ1) is 11.4. The molecule has 0 saturated carbocycles. The van der Waals surface area contributed by atoms with E-state index in [0.29, 0.717) is 6.61 Å². The minimum Gasteiger partial charge on any atom is -0.492 e. The summed E-state index contributed by atoms with van der Waals surface area (Å²) in [5, 5.41) is 1.59. The lowest BCUT2D eigenvalue weighted by atomic mass is 10.1. The molecule has 1 aromatic heterocycles. The fourth-order valence-electron chi connectivity index (χ4n) is 2.87. The summed E-state index contributed by atoms with van der Waals surface area (Å²) in [7, 11) is 6.54. The van der Waals surface area contributed by atoms with Crippen LogP contribution in [0.4, 0.5) is 0 Å². The molecule has 1 heterocycles. The number of hydrogen-bond acceptors (Lipinski definition) is 3. The SMILES string of the molecule is Cc1ccc(OCCC[N+](C)(C)C)c2sc3ccccc3c(=O)c12. The van der Waals surface area contributed by atoms with Gasteiger partial charge in [-0.2, -0.15) is 0 Å². The molecule has 0 N–H and O–H groups in total. The van der Waals surface area contributed by atoms with E-state index in [9.17, 15) is 4.79 Å². The molecule has 0 aliphatic carbocycles. The summed E-state index contributed by atoms with van der Waals surface area (Å²) in [5.74, 6) is 0.824. The van der Waals surface area contributed by atoms with E-state index in [0.717, 1.165) is 48.9 Å². The van der Waals surface area contributed by atoms with E-state index in [1.54, 1.807) is 11.3 Å². The molecule has 0 unspecified atom stereocenters. The van der Waals surface area contributed by atoms with Gasteiger partial charge >= 0.3 is 0 Å². The van der Waals surface area contributed by atoms with Gasteiger partial charge in [0, 0.05) is 21.9 Å². The van der Waals surface area contributed by atoms with Crippen LogP contribution in [-0.4, -0.2) is 38.8 Å². The maximum Gasteiger partial charge on any atom is 0.196 e. The molecule has 0 aliphatic rings. The monoisotopic (exact) mass is 342 g/mol. The predicted octanol–water partition coefficient (Wildman–Crippen LogP) is 4.20. The van der Waals surface area contributed by atoms with Gasteiger partial charge in [-0.15, -0.1) is 11.3 Å².